The molecule has 110 valence electrons. The number of amides is 1. The number of halogens is 2. The predicted molar refractivity (Wildman–Crippen MR) is 88.2 cm³/mol. The number of hydrogen-bond donors (Lipinski definition) is 1. The van der Waals surface area contributed by atoms with Crippen LogP contribution >= 0.6 is 23.2 Å². The lowest BCUT2D eigenvalue weighted by Gasteiger charge is -2.13. The number of fused-ring (bicyclic) bond motifs is 1. The van der Waals surface area contributed by atoms with Crippen molar-refractivity contribution in [3.8, 4) is 11.1 Å². The summed E-state index contributed by atoms with van der Waals surface area (Å²) >= 11 is 12.1. The number of pyridine rings is 2. The van der Waals surface area contributed by atoms with Crippen LogP contribution < -0.4 is 5.73 Å². The van der Waals surface area contributed by atoms with E-state index in [0.717, 1.165) is 16.5 Å². The summed E-state index contributed by atoms with van der Waals surface area (Å²) in [6, 6.07) is 9.44. The van der Waals surface area contributed by atoms with Crippen LogP contribution in [0.25, 0.3) is 22.0 Å². The maximum Gasteiger partial charge on any atom is 0.251 e. The molecule has 0 saturated heterocycles. The Morgan fingerprint density at radius 3 is 2.73 bits per heavy atom. The second kappa shape index (κ2) is 5.55. The molecule has 0 aliphatic carbocycles. The van der Waals surface area contributed by atoms with Gasteiger partial charge in [0.05, 0.1) is 16.1 Å². The zero-order chi connectivity index (χ0) is 15.9. The van der Waals surface area contributed by atoms with Crippen molar-refractivity contribution < 1.29 is 4.79 Å². The first-order valence-corrected chi connectivity index (χ1v) is 7.25. The van der Waals surface area contributed by atoms with Crippen LogP contribution in [0, 0.1) is 6.92 Å². The van der Waals surface area contributed by atoms with E-state index >= 15 is 0 Å². The monoisotopic (exact) mass is 331 g/mol. The Morgan fingerprint density at radius 2 is 2.00 bits per heavy atom. The van der Waals surface area contributed by atoms with Crippen LogP contribution in [0.1, 0.15) is 16.1 Å². The highest BCUT2D eigenvalue weighted by Crippen LogP contribution is 2.35. The summed E-state index contributed by atoms with van der Waals surface area (Å²) in [5.41, 5.74) is 8.49. The van der Waals surface area contributed by atoms with Crippen molar-refractivity contribution in [3.63, 3.8) is 0 Å². The van der Waals surface area contributed by atoms with E-state index in [1.54, 1.807) is 13.1 Å². The maximum absolute atomic E-state index is 11.8. The van der Waals surface area contributed by atoms with E-state index in [2.05, 4.69) is 9.97 Å². The first-order chi connectivity index (χ1) is 10.5. The molecule has 6 heteroatoms. The van der Waals surface area contributed by atoms with E-state index < -0.39 is 5.91 Å². The third-order valence-electron chi connectivity index (χ3n) is 3.42. The molecule has 22 heavy (non-hydrogen) atoms. The molecule has 4 nitrogen and oxygen atoms in total. The fraction of sp³-hybridized carbons (Fsp3) is 0.0625. The number of carbonyl (C=O) groups excluding carboxylic acids is 1. The Balaban J connectivity index is 2.34. The minimum absolute atomic E-state index is 0.0687. The van der Waals surface area contributed by atoms with E-state index in [4.69, 9.17) is 28.9 Å². The molecule has 0 aliphatic heterocycles. The molecular weight excluding hydrogens is 321 g/mol. The summed E-state index contributed by atoms with van der Waals surface area (Å²) in [7, 11) is 0. The molecule has 0 saturated carbocycles. The van der Waals surface area contributed by atoms with Gasteiger partial charge in [-0.3, -0.25) is 9.78 Å². The van der Waals surface area contributed by atoms with E-state index in [0.29, 0.717) is 11.3 Å². The van der Waals surface area contributed by atoms with Gasteiger partial charge >= 0.3 is 0 Å². The SMILES string of the molecule is Cc1nc(Cl)c(Cl)c(C(N)=O)c1-c1ccc2ncccc2c1. The summed E-state index contributed by atoms with van der Waals surface area (Å²) in [5, 5.41) is 1.08. The van der Waals surface area contributed by atoms with Crippen molar-refractivity contribution in [2.24, 2.45) is 5.73 Å². The van der Waals surface area contributed by atoms with Crippen LogP contribution in [0.4, 0.5) is 0 Å². The number of primary amides is 1. The van der Waals surface area contributed by atoms with Crippen LogP contribution in [-0.4, -0.2) is 15.9 Å². The van der Waals surface area contributed by atoms with Gasteiger partial charge in [0.2, 0.25) is 0 Å². The summed E-state index contributed by atoms with van der Waals surface area (Å²) in [6.45, 7) is 1.76. The number of nitrogens with two attached hydrogens (primary N) is 1. The first-order valence-electron chi connectivity index (χ1n) is 6.49. The molecule has 2 N–H and O–H groups in total. The highest BCUT2D eigenvalue weighted by atomic mass is 35.5. The molecule has 0 bridgehead atoms. The Kier molecular flexibility index (Phi) is 3.72. The van der Waals surface area contributed by atoms with Gasteiger partial charge in [-0.2, -0.15) is 0 Å². The van der Waals surface area contributed by atoms with Crippen molar-refractivity contribution in [1.29, 1.82) is 0 Å². The quantitative estimate of drug-likeness (QED) is 0.721. The van der Waals surface area contributed by atoms with Crippen LogP contribution in [0.2, 0.25) is 10.2 Å². The number of carbonyl (C=O) groups is 1. The minimum Gasteiger partial charge on any atom is -0.366 e. The van der Waals surface area contributed by atoms with Crippen molar-refractivity contribution in [2.45, 2.75) is 6.92 Å². The van der Waals surface area contributed by atoms with Crippen molar-refractivity contribution in [3.05, 3.63) is 58.0 Å². The zero-order valence-corrected chi connectivity index (χ0v) is 13.1. The average Bonchev–Trinajstić information content (AvgIpc) is 2.49. The summed E-state index contributed by atoms with van der Waals surface area (Å²) in [5.74, 6) is -0.640. The first kappa shape index (κ1) is 14.8. The molecule has 0 atom stereocenters. The fourth-order valence-corrected chi connectivity index (χ4v) is 2.91. The average molecular weight is 332 g/mol. The molecule has 0 fully saturated rings. The maximum atomic E-state index is 11.8. The lowest BCUT2D eigenvalue weighted by atomic mass is 9.97. The van der Waals surface area contributed by atoms with Gasteiger partial charge in [-0.05, 0) is 30.7 Å². The molecule has 3 rings (SSSR count). The van der Waals surface area contributed by atoms with Crippen molar-refractivity contribution in [2.75, 3.05) is 0 Å². The number of benzene rings is 1. The highest BCUT2D eigenvalue weighted by Gasteiger charge is 2.21. The molecule has 2 heterocycles. The third kappa shape index (κ3) is 2.40. The molecule has 0 aliphatic rings. The molecule has 0 spiro atoms. The van der Waals surface area contributed by atoms with Gasteiger partial charge in [0, 0.05) is 22.8 Å². The van der Waals surface area contributed by atoms with Gasteiger partial charge in [0.1, 0.15) is 5.15 Å². The zero-order valence-electron chi connectivity index (χ0n) is 11.6. The van der Waals surface area contributed by atoms with Gasteiger partial charge < -0.3 is 5.73 Å². The van der Waals surface area contributed by atoms with Crippen molar-refractivity contribution in [1.82, 2.24) is 9.97 Å². The van der Waals surface area contributed by atoms with Crippen LogP contribution in [0.3, 0.4) is 0 Å². The number of nitrogens with zero attached hydrogens (tertiary/aromatic N) is 2. The Labute approximate surface area is 136 Å². The standard InChI is InChI=1S/C16H11Cl2N3O/c1-8-12(13(16(19)22)14(17)15(18)21-8)10-4-5-11-9(7-10)3-2-6-20-11/h2-7H,1H3,(H2,19,22). The van der Waals surface area contributed by atoms with Gasteiger partial charge in [0.15, 0.2) is 0 Å². The third-order valence-corrected chi connectivity index (χ3v) is 4.15. The smallest absolute Gasteiger partial charge is 0.251 e. The molecule has 0 unspecified atom stereocenters. The predicted octanol–water partition coefficient (Wildman–Crippen LogP) is 4.01. The second-order valence-electron chi connectivity index (χ2n) is 4.83. The van der Waals surface area contributed by atoms with Gasteiger partial charge in [-0.25, -0.2) is 4.98 Å². The summed E-state index contributed by atoms with van der Waals surface area (Å²) < 4.78 is 0. The number of aryl methyl sites for hydroxylation is 1. The van der Waals surface area contributed by atoms with E-state index in [1.165, 1.54) is 0 Å². The topological polar surface area (TPSA) is 68.9 Å². The Bertz CT molecular complexity index is 909. The van der Waals surface area contributed by atoms with Crippen molar-refractivity contribution >= 4 is 40.0 Å². The van der Waals surface area contributed by atoms with E-state index in [9.17, 15) is 4.79 Å². The lowest BCUT2D eigenvalue weighted by molar-refractivity contribution is 0.100. The summed E-state index contributed by atoms with van der Waals surface area (Å²) in [4.78, 5) is 20.3. The normalized spacial score (nSPS) is 10.9. The molecular formula is C16H11Cl2N3O. The molecule has 2 aromatic heterocycles. The van der Waals surface area contributed by atoms with Gasteiger partial charge in [-0.1, -0.05) is 35.3 Å². The number of hydrogen-bond acceptors (Lipinski definition) is 3. The second-order valence-corrected chi connectivity index (χ2v) is 5.56. The van der Waals surface area contributed by atoms with Crippen LogP contribution in [-0.2, 0) is 0 Å². The van der Waals surface area contributed by atoms with Crippen LogP contribution in [0.5, 0.6) is 0 Å². The van der Waals surface area contributed by atoms with E-state index in [-0.39, 0.29) is 15.7 Å². The minimum atomic E-state index is -0.640. The molecule has 1 amide bonds. The largest absolute Gasteiger partial charge is 0.366 e. The Morgan fingerprint density at radius 1 is 1.23 bits per heavy atom. The molecule has 0 radical (unpaired) electrons. The van der Waals surface area contributed by atoms with Gasteiger partial charge in [0.25, 0.3) is 5.91 Å². The summed E-state index contributed by atoms with van der Waals surface area (Å²) in [6.07, 6.45) is 1.73. The molecule has 3 aromatic rings. The fourth-order valence-electron chi connectivity index (χ4n) is 2.46. The van der Waals surface area contributed by atoms with E-state index in [1.807, 2.05) is 30.3 Å². The molecule has 1 aromatic carbocycles. The lowest BCUT2D eigenvalue weighted by Crippen LogP contribution is -2.15. The highest BCUT2D eigenvalue weighted by molar-refractivity contribution is 6.43. The Hall–Kier alpha value is -2.17. The van der Waals surface area contributed by atoms with Gasteiger partial charge in [-0.15, -0.1) is 0 Å². The van der Waals surface area contributed by atoms with Crippen LogP contribution in [0.15, 0.2) is 36.5 Å². The number of aromatic nitrogens is 2. The number of rotatable bonds is 2.